The molecule has 7 heteroatoms. The molecule has 1 aliphatic rings. The molecule has 3 rings (SSSR count). The topological polar surface area (TPSA) is 105 Å². The maximum absolute atomic E-state index is 11.2. The second-order valence-corrected chi connectivity index (χ2v) is 5.25. The van der Waals surface area contributed by atoms with Crippen molar-refractivity contribution in [1.82, 2.24) is 4.98 Å². The molecular formula is C14H13N3O4. The molecule has 0 radical (unpaired) electrons. The number of hydrogen-bond acceptors (Lipinski definition) is 5. The van der Waals surface area contributed by atoms with Crippen LogP contribution in [0.15, 0.2) is 30.6 Å². The number of carboxylic acids is 1. The molecule has 108 valence electrons. The number of non-ortho nitro benzene ring substituents is 1. The minimum atomic E-state index is -0.806. The Labute approximate surface area is 119 Å². The number of rotatable bonds is 5. The molecule has 1 aliphatic carbocycles. The van der Waals surface area contributed by atoms with E-state index in [1.807, 2.05) is 0 Å². The lowest BCUT2D eigenvalue weighted by atomic mass is 10.1. The van der Waals surface area contributed by atoms with Gasteiger partial charge in [0.15, 0.2) is 0 Å². The van der Waals surface area contributed by atoms with Gasteiger partial charge in [-0.05, 0) is 25.0 Å². The predicted molar refractivity (Wildman–Crippen MR) is 76.2 cm³/mol. The van der Waals surface area contributed by atoms with E-state index >= 15 is 0 Å². The summed E-state index contributed by atoms with van der Waals surface area (Å²) >= 11 is 0. The van der Waals surface area contributed by atoms with E-state index in [4.69, 9.17) is 0 Å². The number of nitrogens with one attached hydrogen (secondary N) is 1. The summed E-state index contributed by atoms with van der Waals surface area (Å²) < 4.78 is 0. The predicted octanol–water partition coefficient (Wildman–Crippen LogP) is 2.42. The number of pyridine rings is 1. The van der Waals surface area contributed by atoms with Crippen molar-refractivity contribution in [3.63, 3.8) is 0 Å². The number of benzene rings is 1. The molecule has 1 aromatic heterocycles. The van der Waals surface area contributed by atoms with Crippen molar-refractivity contribution in [3.8, 4) is 0 Å². The van der Waals surface area contributed by atoms with Gasteiger partial charge in [-0.3, -0.25) is 19.9 Å². The number of nitro groups is 1. The molecule has 1 fully saturated rings. The molecule has 0 aliphatic heterocycles. The number of fused-ring (bicyclic) bond motifs is 1. The third kappa shape index (κ3) is 2.26. The van der Waals surface area contributed by atoms with E-state index < -0.39 is 16.3 Å². The summed E-state index contributed by atoms with van der Waals surface area (Å²) in [6.45, 7) is 0.310. The van der Waals surface area contributed by atoms with Crippen LogP contribution in [0.1, 0.15) is 12.8 Å². The molecule has 2 N–H and O–H groups in total. The highest BCUT2D eigenvalue weighted by Crippen LogP contribution is 2.46. The van der Waals surface area contributed by atoms with E-state index in [9.17, 15) is 20.0 Å². The summed E-state index contributed by atoms with van der Waals surface area (Å²) in [6, 6.07) is 4.60. The molecule has 0 atom stereocenters. The fraction of sp³-hybridized carbons (Fsp3) is 0.286. The number of nitro benzene ring substituents is 1. The van der Waals surface area contributed by atoms with E-state index in [-0.39, 0.29) is 5.69 Å². The maximum Gasteiger partial charge on any atom is 0.311 e. The highest BCUT2D eigenvalue weighted by atomic mass is 16.6. The van der Waals surface area contributed by atoms with Crippen molar-refractivity contribution >= 4 is 28.1 Å². The van der Waals surface area contributed by atoms with Crippen molar-refractivity contribution in [2.45, 2.75) is 12.8 Å². The Kier molecular flexibility index (Phi) is 2.97. The van der Waals surface area contributed by atoms with E-state index in [1.165, 1.54) is 12.3 Å². The quantitative estimate of drug-likeness (QED) is 0.646. The van der Waals surface area contributed by atoms with E-state index in [0.717, 1.165) is 0 Å². The van der Waals surface area contributed by atoms with Gasteiger partial charge in [-0.1, -0.05) is 0 Å². The van der Waals surface area contributed by atoms with Crippen LogP contribution >= 0.6 is 0 Å². The van der Waals surface area contributed by atoms with Gasteiger partial charge in [-0.2, -0.15) is 0 Å². The van der Waals surface area contributed by atoms with Gasteiger partial charge < -0.3 is 10.4 Å². The largest absolute Gasteiger partial charge is 0.481 e. The first kappa shape index (κ1) is 13.3. The van der Waals surface area contributed by atoms with E-state index in [0.29, 0.717) is 35.8 Å². The van der Waals surface area contributed by atoms with Crippen LogP contribution in [0, 0.1) is 15.5 Å². The SMILES string of the molecule is O=C(O)C1(CNc2ccc([N+](=O)[O-])c3ccncc23)CC1. The minimum Gasteiger partial charge on any atom is -0.481 e. The van der Waals surface area contributed by atoms with Gasteiger partial charge in [-0.15, -0.1) is 0 Å². The van der Waals surface area contributed by atoms with Gasteiger partial charge >= 0.3 is 5.97 Å². The van der Waals surface area contributed by atoms with Gasteiger partial charge in [0.25, 0.3) is 5.69 Å². The smallest absolute Gasteiger partial charge is 0.311 e. The molecule has 7 nitrogen and oxygen atoms in total. The number of nitrogens with zero attached hydrogens (tertiary/aromatic N) is 2. The van der Waals surface area contributed by atoms with E-state index in [2.05, 4.69) is 10.3 Å². The van der Waals surface area contributed by atoms with Crippen molar-refractivity contribution in [3.05, 3.63) is 40.7 Å². The average Bonchev–Trinajstić information content (AvgIpc) is 3.25. The molecule has 1 saturated carbocycles. The van der Waals surface area contributed by atoms with Crippen LogP contribution in [0.3, 0.4) is 0 Å². The summed E-state index contributed by atoms with van der Waals surface area (Å²) in [5.74, 6) is -0.806. The molecule has 21 heavy (non-hydrogen) atoms. The Bertz CT molecular complexity index is 740. The number of aromatic nitrogens is 1. The third-order valence-corrected chi connectivity index (χ3v) is 3.92. The van der Waals surface area contributed by atoms with Crippen molar-refractivity contribution in [2.75, 3.05) is 11.9 Å². The highest BCUT2D eigenvalue weighted by Gasteiger charge is 2.50. The molecule has 2 aromatic rings. The van der Waals surface area contributed by atoms with Gasteiger partial charge in [0.1, 0.15) is 0 Å². The first-order chi connectivity index (χ1) is 10.0. The van der Waals surface area contributed by atoms with Crippen molar-refractivity contribution in [2.24, 2.45) is 5.41 Å². The second kappa shape index (κ2) is 4.69. The summed E-state index contributed by atoms with van der Waals surface area (Å²) in [7, 11) is 0. The van der Waals surface area contributed by atoms with Crippen LogP contribution in [0.4, 0.5) is 11.4 Å². The fourth-order valence-corrected chi connectivity index (χ4v) is 2.37. The summed E-state index contributed by atoms with van der Waals surface area (Å²) in [5, 5.41) is 24.4. The minimum absolute atomic E-state index is 0.0114. The Hall–Kier alpha value is -2.70. The van der Waals surface area contributed by atoms with Crippen molar-refractivity contribution < 1.29 is 14.8 Å². The fourth-order valence-electron chi connectivity index (χ4n) is 2.37. The zero-order chi connectivity index (χ0) is 15.0. The first-order valence-electron chi connectivity index (χ1n) is 6.52. The maximum atomic E-state index is 11.2. The van der Waals surface area contributed by atoms with Gasteiger partial charge in [0.2, 0.25) is 0 Å². The first-order valence-corrected chi connectivity index (χ1v) is 6.52. The van der Waals surface area contributed by atoms with Crippen LogP contribution in [0.2, 0.25) is 0 Å². The van der Waals surface area contributed by atoms with E-state index in [1.54, 1.807) is 18.3 Å². The number of anilines is 1. The summed E-state index contributed by atoms with van der Waals surface area (Å²) in [5.41, 5.74) is -0.0235. The standard InChI is InChI=1S/C14H13N3O4/c18-13(19)14(4-5-14)8-16-11-1-2-12(17(20)21)9-3-6-15-7-10(9)11/h1-3,6-7,16H,4-5,8H2,(H,18,19). The Morgan fingerprint density at radius 2 is 2.14 bits per heavy atom. The van der Waals surface area contributed by atoms with Crippen LogP contribution in [0.25, 0.3) is 10.8 Å². The van der Waals surface area contributed by atoms with Gasteiger partial charge in [0, 0.05) is 36.1 Å². The Balaban J connectivity index is 1.95. The van der Waals surface area contributed by atoms with Crippen LogP contribution in [-0.4, -0.2) is 27.5 Å². The molecule has 0 unspecified atom stereocenters. The van der Waals surface area contributed by atoms with Gasteiger partial charge in [-0.25, -0.2) is 0 Å². The van der Waals surface area contributed by atoms with Crippen LogP contribution in [-0.2, 0) is 4.79 Å². The Morgan fingerprint density at radius 3 is 2.76 bits per heavy atom. The molecular weight excluding hydrogens is 274 g/mol. The normalized spacial score (nSPS) is 15.6. The molecule has 0 bridgehead atoms. The zero-order valence-electron chi connectivity index (χ0n) is 11.1. The van der Waals surface area contributed by atoms with Gasteiger partial charge in [0.05, 0.1) is 15.7 Å². The average molecular weight is 287 g/mol. The molecule has 0 spiro atoms. The van der Waals surface area contributed by atoms with Crippen LogP contribution < -0.4 is 5.32 Å². The lowest BCUT2D eigenvalue weighted by Gasteiger charge is -2.14. The summed E-state index contributed by atoms with van der Waals surface area (Å²) in [6.07, 6.45) is 4.35. The summed E-state index contributed by atoms with van der Waals surface area (Å²) in [4.78, 5) is 25.8. The number of carbonyl (C=O) groups is 1. The number of aliphatic carboxylic acids is 1. The second-order valence-electron chi connectivity index (χ2n) is 5.25. The van der Waals surface area contributed by atoms with Crippen LogP contribution in [0.5, 0.6) is 0 Å². The lowest BCUT2D eigenvalue weighted by Crippen LogP contribution is -2.24. The monoisotopic (exact) mass is 287 g/mol. The number of carboxylic acid groups (broad SMARTS) is 1. The Morgan fingerprint density at radius 1 is 1.38 bits per heavy atom. The molecule has 1 heterocycles. The van der Waals surface area contributed by atoms with Crippen molar-refractivity contribution in [1.29, 1.82) is 0 Å². The molecule has 0 saturated heterocycles. The highest BCUT2D eigenvalue weighted by molar-refractivity contribution is 5.99. The molecule has 0 amide bonds. The lowest BCUT2D eigenvalue weighted by molar-refractivity contribution is -0.383. The third-order valence-electron chi connectivity index (χ3n) is 3.92. The zero-order valence-corrected chi connectivity index (χ0v) is 11.1. The number of hydrogen-bond donors (Lipinski definition) is 2. The molecule has 1 aromatic carbocycles.